The van der Waals surface area contributed by atoms with Gasteiger partial charge in [0.05, 0.1) is 6.54 Å². The maximum absolute atomic E-state index is 11.4. The minimum absolute atomic E-state index is 0.0943. The smallest absolute Gasteiger partial charge is 0.233 e. The van der Waals surface area contributed by atoms with Crippen LogP contribution in [0.25, 0.3) is 0 Å². The molecule has 0 atom stereocenters. The zero-order valence-corrected chi connectivity index (χ0v) is 11.5. The summed E-state index contributed by atoms with van der Waals surface area (Å²) in [6.07, 6.45) is 2.04. The Morgan fingerprint density at radius 3 is 2.88 bits per heavy atom. The second-order valence-electron chi connectivity index (χ2n) is 4.54. The number of nitrogens with one attached hydrogen (secondary N) is 2. The largest absolute Gasteiger partial charge is 0.355 e. The first-order valence-electron chi connectivity index (χ1n) is 6.18. The highest BCUT2D eigenvalue weighted by Crippen LogP contribution is 2.07. The number of carbonyl (C=O) groups excluding carboxylic acids is 1. The van der Waals surface area contributed by atoms with Gasteiger partial charge in [0.25, 0.3) is 0 Å². The maximum atomic E-state index is 11.4. The van der Waals surface area contributed by atoms with Crippen LogP contribution >= 0.6 is 11.3 Å². The van der Waals surface area contributed by atoms with Gasteiger partial charge in [-0.25, -0.2) is 0 Å². The van der Waals surface area contributed by atoms with Gasteiger partial charge >= 0.3 is 0 Å². The third-order valence-corrected chi connectivity index (χ3v) is 3.39. The predicted octanol–water partition coefficient (Wildman–Crippen LogP) is 2.04. The number of hydrogen-bond acceptors (Lipinski definition) is 3. The summed E-state index contributed by atoms with van der Waals surface area (Å²) < 4.78 is 0. The second-order valence-corrected chi connectivity index (χ2v) is 5.57. The van der Waals surface area contributed by atoms with Gasteiger partial charge in [-0.1, -0.05) is 19.9 Å². The van der Waals surface area contributed by atoms with Crippen molar-refractivity contribution in [3.8, 4) is 0 Å². The van der Waals surface area contributed by atoms with Gasteiger partial charge in [-0.2, -0.15) is 0 Å². The van der Waals surface area contributed by atoms with Crippen LogP contribution in [0.5, 0.6) is 0 Å². The van der Waals surface area contributed by atoms with Gasteiger partial charge in [0.2, 0.25) is 5.91 Å². The van der Waals surface area contributed by atoms with Crippen LogP contribution in [0.4, 0.5) is 0 Å². The standard InChI is InChI=1S/C13H22N2OS/c1-11(2)5-8-15-13(16)10-14-7-6-12-4-3-9-17-12/h3-4,9,11,14H,5-8,10H2,1-2H3,(H,15,16). The third kappa shape index (κ3) is 7.13. The molecule has 0 unspecified atom stereocenters. The van der Waals surface area contributed by atoms with Crippen molar-refractivity contribution in [3.63, 3.8) is 0 Å². The Morgan fingerprint density at radius 2 is 2.24 bits per heavy atom. The molecule has 2 N–H and O–H groups in total. The Kier molecular flexibility index (Phi) is 6.89. The Morgan fingerprint density at radius 1 is 1.41 bits per heavy atom. The molecule has 0 bridgehead atoms. The van der Waals surface area contributed by atoms with E-state index in [1.165, 1.54) is 4.88 Å². The number of hydrogen-bond donors (Lipinski definition) is 2. The molecular weight excluding hydrogens is 232 g/mol. The van der Waals surface area contributed by atoms with Gasteiger partial charge < -0.3 is 10.6 Å². The quantitative estimate of drug-likeness (QED) is 0.697. The minimum Gasteiger partial charge on any atom is -0.355 e. The lowest BCUT2D eigenvalue weighted by atomic mass is 10.1. The molecule has 1 amide bonds. The van der Waals surface area contributed by atoms with Gasteiger partial charge in [-0.3, -0.25) is 4.79 Å². The Bertz CT molecular complexity index is 309. The fraction of sp³-hybridized carbons (Fsp3) is 0.615. The summed E-state index contributed by atoms with van der Waals surface area (Å²) in [4.78, 5) is 12.8. The average Bonchev–Trinajstić information content (AvgIpc) is 2.76. The van der Waals surface area contributed by atoms with Gasteiger partial charge in [0.15, 0.2) is 0 Å². The number of carbonyl (C=O) groups is 1. The lowest BCUT2D eigenvalue weighted by Gasteiger charge is -2.07. The van der Waals surface area contributed by atoms with Gasteiger partial charge in [0, 0.05) is 18.0 Å². The second kappa shape index (κ2) is 8.25. The van der Waals surface area contributed by atoms with E-state index in [2.05, 4.69) is 42.0 Å². The van der Waals surface area contributed by atoms with Crippen molar-refractivity contribution >= 4 is 17.2 Å². The average molecular weight is 254 g/mol. The molecule has 96 valence electrons. The summed E-state index contributed by atoms with van der Waals surface area (Å²) in [6.45, 7) is 6.38. The highest BCUT2D eigenvalue weighted by molar-refractivity contribution is 7.09. The van der Waals surface area contributed by atoms with Crippen molar-refractivity contribution in [1.29, 1.82) is 0 Å². The first kappa shape index (κ1) is 14.2. The number of rotatable bonds is 8. The van der Waals surface area contributed by atoms with Crippen molar-refractivity contribution in [2.24, 2.45) is 5.92 Å². The third-order valence-electron chi connectivity index (χ3n) is 2.46. The summed E-state index contributed by atoms with van der Waals surface area (Å²) >= 11 is 1.76. The van der Waals surface area contributed by atoms with Crippen LogP contribution in [0.1, 0.15) is 25.1 Å². The van der Waals surface area contributed by atoms with Crippen molar-refractivity contribution in [2.45, 2.75) is 26.7 Å². The Balaban J connectivity index is 1.97. The zero-order valence-electron chi connectivity index (χ0n) is 10.7. The van der Waals surface area contributed by atoms with Gasteiger partial charge in [-0.15, -0.1) is 11.3 Å². The summed E-state index contributed by atoms with van der Waals surface area (Å²) in [5.41, 5.74) is 0. The first-order valence-corrected chi connectivity index (χ1v) is 7.06. The van der Waals surface area contributed by atoms with E-state index in [0.29, 0.717) is 12.5 Å². The zero-order chi connectivity index (χ0) is 12.5. The van der Waals surface area contributed by atoms with E-state index in [4.69, 9.17) is 0 Å². The monoisotopic (exact) mass is 254 g/mol. The summed E-state index contributed by atoms with van der Waals surface area (Å²) in [7, 11) is 0. The molecule has 0 aliphatic heterocycles. The molecule has 1 rings (SSSR count). The molecular formula is C13H22N2OS. The Labute approximate surface area is 108 Å². The SMILES string of the molecule is CC(C)CCNC(=O)CNCCc1cccs1. The van der Waals surface area contributed by atoms with Crippen molar-refractivity contribution in [2.75, 3.05) is 19.6 Å². The molecule has 1 aromatic heterocycles. The molecule has 3 nitrogen and oxygen atoms in total. The molecule has 1 heterocycles. The normalized spacial score (nSPS) is 10.8. The highest BCUT2D eigenvalue weighted by Gasteiger charge is 2.01. The molecule has 4 heteroatoms. The minimum atomic E-state index is 0.0943. The van der Waals surface area contributed by atoms with Crippen LogP contribution in [-0.2, 0) is 11.2 Å². The highest BCUT2D eigenvalue weighted by atomic mass is 32.1. The van der Waals surface area contributed by atoms with E-state index in [1.807, 2.05) is 0 Å². The van der Waals surface area contributed by atoms with Crippen molar-refractivity contribution in [3.05, 3.63) is 22.4 Å². The van der Waals surface area contributed by atoms with Crippen LogP contribution in [0, 0.1) is 5.92 Å². The maximum Gasteiger partial charge on any atom is 0.233 e. The summed E-state index contributed by atoms with van der Waals surface area (Å²) in [5.74, 6) is 0.735. The molecule has 17 heavy (non-hydrogen) atoms. The van der Waals surface area contributed by atoms with E-state index in [-0.39, 0.29) is 5.91 Å². The van der Waals surface area contributed by atoms with Crippen LogP contribution in [0.15, 0.2) is 17.5 Å². The molecule has 1 aromatic rings. The fourth-order valence-electron chi connectivity index (χ4n) is 1.43. The van der Waals surface area contributed by atoms with E-state index in [9.17, 15) is 4.79 Å². The molecule has 0 spiro atoms. The summed E-state index contributed by atoms with van der Waals surface area (Å²) in [5, 5.41) is 8.14. The first-order chi connectivity index (χ1) is 8.18. The molecule has 0 aliphatic carbocycles. The fourth-order valence-corrected chi connectivity index (χ4v) is 2.14. The van der Waals surface area contributed by atoms with Crippen molar-refractivity contribution in [1.82, 2.24) is 10.6 Å². The summed E-state index contributed by atoms with van der Waals surface area (Å²) in [6, 6.07) is 4.17. The van der Waals surface area contributed by atoms with E-state index < -0.39 is 0 Å². The van der Waals surface area contributed by atoms with Crippen LogP contribution in [-0.4, -0.2) is 25.5 Å². The van der Waals surface area contributed by atoms with Crippen LogP contribution in [0.3, 0.4) is 0 Å². The Hall–Kier alpha value is -0.870. The number of amides is 1. The molecule has 0 aromatic carbocycles. The number of thiophene rings is 1. The van der Waals surface area contributed by atoms with E-state index in [0.717, 1.165) is 25.9 Å². The van der Waals surface area contributed by atoms with E-state index in [1.54, 1.807) is 11.3 Å². The molecule has 0 aliphatic rings. The molecule has 0 saturated carbocycles. The topological polar surface area (TPSA) is 41.1 Å². The lowest BCUT2D eigenvalue weighted by molar-refractivity contribution is -0.120. The van der Waals surface area contributed by atoms with Crippen LogP contribution in [0.2, 0.25) is 0 Å². The van der Waals surface area contributed by atoms with Gasteiger partial charge in [0.1, 0.15) is 0 Å². The predicted molar refractivity (Wildman–Crippen MR) is 73.4 cm³/mol. The van der Waals surface area contributed by atoms with E-state index >= 15 is 0 Å². The molecule has 0 fully saturated rings. The van der Waals surface area contributed by atoms with Crippen molar-refractivity contribution < 1.29 is 4.79 Å². The van der Waals surface area contributed by atoms with Gasteiger partial charge in [-0.05, 0) is 30.2 Å². The lowest BCUT2D eigenvalue weighted by Crippen LogP contribution is -2.35. The van der Waals surface area contributed by atoms with Crippen LogP contribution < -0.4 is 10.6 Å². The molecule has 0 radical (unpaired) electrons. The molecule has 0 saturated heterocycles.